The summed E-state index contributed by atoms with van der Waals surface area (Å²) in [4.78, 5) is 10.8. The Kier molecular flexibility index (Phi) is 1.90. The number of hydrogen-bond donors (Lipinski definition) is 0. The van der Waals surface area contributed by atoms with Crippen LogP contribution >= 0.6 is 0 Å². The van der Waals surface area contributed by atoms with Gasteiger partial charge in [-0.25, -0.2) is 4.79 Å². The monoisotopic (exact) mass is 138 g/mol. The zero-order chi connectivity index (χ0) is 7.56. The summed E-state index contributed by atoms with van der Waals surface area (Å²) in [5, 5.41) is 0. The SMILES string of the molecule is C=C1C=C(CCC)C(=O)O1. The third-order valence-electron chi connectivity index (χ3n) is 1.34. The normalized spacial score (nSPS) is 17.1. The van der Waals surface area contributed by atoms with E-state index >= 15 is 0 Å². The van der Waals surface area contributed by atoms with Crippen LogP contribution in [0, 0.1) is 0 Å². The van der Waals surface area contributed by atoms with Crippen molar-refractivity contribution in [3.8, 4) is 0 Å². The number of allylic oxidation sites excluding steroid dienone is 1. The molecule has 0 spiro atoms. The van der Waals surface area contributed by atoms with E-state index in [0.29, 0.717) is 5.76 Å². The molecule has 0 amide bonds. The molecule has 2 nitrogen and oxygen atoms in total. The first-order valence-corrected chi connectivity index (χ1v) is 3.35. The molecule has 1 heterocycles. The Morgan fingerprint density at radius 1 is 1.70 bits per heavy atom. The minimum absolute atomic E-state index is 0.230. The Hall–Kier alpha value is -1.05. The van der Waals surface area contributed by atoms with Gasteiger partial charge in [0.25, 0.3) is 0 Å². The maximum Gasteiger partial charge on any atom is 0.339 e. The number of carbonyl (C=O) groups excluding carboxylic acids is 1. The molecule has 0 saturated carbocycles. The molecule has 0 saturated heterocycles. The lowest BCUT2D eigenvalue weighted by molar-refractivity contribution is -0.133. The molecule has 0 N–H and O–H groups in total. The highest BCUT2D eigenvalue weighted by Gasteiger charge is 2.17. The van der Waals surface area contributed by atoms with Crippen molar-refractivity contribution < 1.29 is 9.53 Å². The zero-order valence-electron chi connectivity index (χ0n) is 6.02. The quantitative estimate of drug-likeness (QED) is 0.544. The Morgan fingerprint density at radius 3 is 2.80 bits per heavy atom. The van der Waals surface area contributed by atoms with E-state index < -0.39 is 0 Å². The first kappa shape index (κ1) is 7.06. The van der Waals surface area contributed by atoms with Gasteiger partial charge in [0.2, 0.25) is 0 Å². The van der Waals surface area contributed by atoms with Crippen molar-refractivity contribution in [1.29, 1.82) is 0 Å². The number of cyclic esters (lactones) is 1. The maximum absolute atomic E-state index is 10.8. The second kappa shape index (κ2) is 2.69. The van der Waals surface area contributed by atoms with Crippen LogP contribution < -0.4 is 0 Å². The van der Waals surface area contributed by atoms with E-state index in [1.54, 1.807) is 6.08 Å². The predicted octanol–water partition coefficient (Wildman–Crippen LogP) is 1.78. The van der Waals surface area contributed by atoms with Crippen LogP contribution in [0.4, 0.5) is 0 Å². The second-order valence-corrected chi connectivity index (χ2v) is 2.28. The molecule has 0 aromatic rings. The highest BCUT2D eigenvalue weighted by Crippen LogP contribution is 2.18. The fourth-order valence-corrected chi connectivity index (χ4v) is 0.911. The lowest BCUT2D eigenvalue weighted by atomic mass is 10.1. The average Bonchev–Trinajstić information content (AvgIpc) is 2.13. The van der Waals surface area contributed by atoms with Crippen LogP contribution in [0.3, 0.4) is 0 Å². The highest BCUT2D eigenvalue weighted by atomic mass is 16.5. The number of esters is 1. The van der Waals surface area contributed by atoms with Crippen LogP contribution in [0.15, 0.2) is 24.0 Å². The summed E-state index contributed by atoms with van der Waals surface area (Å²) in [5.41, 5.74) is 0.743. The Balaban J connectivity index is 2.65. The van der Waals surface area contributed by atoms with Gasteiger partial charge in [-0.15, -0.1) is 0 Å². The summed E-state index contributed by atoms with van der Waals surface area (Å²) < 4.78 is 4.70. The molecule has 0 radical (unpaired) electrons. The Bertz CT molecular complexity index is 201. The zero-order valence-corrected chi connectivity index (χ0v) is 6.02. The average molecular weight is 138 g/mol. The molecule has 10 heavy (non-hydrogen) atoms. The van der Waals surface area contributed by atoms with Gasteiger partial charge in [0.15, 0.2) is 0 Å². The summed E-state index contributed by atoms with van der Waals surface area (Å²) in [6, 6.07) is 0. The van der Waals surface area contributed by atoms with Crippen LogP contribution in [0.1, 0.15) is 19.8 Å². The Labute approximate surface area is 60.2 Å². The van der Waals surface area contributed by atoms with E-state index in [-0.39, 0.29) is 5.97 Å². The maximum atomic E-state index is 10.8. The van der Waals surface area contributed by atoms with Crippen LogP contribution in [-0.2, 0) is 9.53 Å². The summed E-state index contributed by atoms with van der Waals surface area (Å²) >= 11 is 0. The minimum atomic E-state index is -0.230. The van der Waals surface area contributed by atoms with Crippen LogP contribution in [0.25, 0.3) is 0 Å². The molecule has 0 aliphatic carbocycles. The molecule has 0 aromatic heterocycles. The van der Waals surface area contributed by atoms with Gasteiger partial charge in [-0.05, 0) is 12.5 Å². The van der Waals surface area contributed by atoms with Crippen molar-refractivity contribution in [3.05, 3.63) is 24.0 Å². The third kappa shape index (κ3) is 1.26. The number of ether oxygens (including phenoxy) is 1. The molecule has 1 rings (SSSR count). The van der Waals surface area contributed by atoms with Gasteiger partial charge in [0.1, 0.15) is 5.76 Å². The van der Waals surface area contributed by atoms with Gasteiger partial charge in [0, 0.05) is 5.57 Å². The van der Waals surface area contributed by atoms with Gasteiger partial charge < -0.3 is 4.74 Å². The van der Waals surface area contributed by atoms with E-state index in [9.17, 15) is 4.79 Å². The molecule has 0 bridgehead atoms. The van der Waals surface area contributed by atoms with Gasteiger partial charge in [0.05, 0.1) is 0 Å². The van der Waals surface area contributed by atoms with E-state index in [1.165, 1.54) is 0 Å². The lowest BCUT2D eigenvalue weighted by Gasteiger charge is -1.93. The lowest BCUT2D eigenvalue weighted by Crippen LogP contribution is -1.97. The first-order valence-electron chi connectivity index (χ1n) is 3.35. The number of rotatable bonds is 2. The van der Waals surface area contributed by atoms with Crippen LogP contribution in [-0.4, -0.2) is 5.97 Å². The number of carbonyl (C=O) groups is 1. The molecule has 0 fully saturated rings. The topological polar surface area (TPSA) is 26.3 Å². The molecule has 54 valence electrons. The third-order valence-corrected chi connectivity index (χ3v) is 1.34. The van der Waals surface area contributed by atoms with Crippen molar-refractivity contribution >= 4 is 5.97 Å². The summed E-state index contributed by atoms with van der Waals surface area (Å²) in [6.45, 7) is 5.54. The van der Waals surface area contributed by atoms with Crippen molar-refractivity contribution in [2.75, 3.05) is 0 Å². The standard InChI is InChI=1S/C8H10O2/c1-3-4-7-5-6(2)10-8(7)9/h5H,2-4H2,1H3. The second-order valence-electron chi connectivity index (χ2n) is 2.28. The largest absolute Gasteiger partial charge is 0.424 e. The smallest absolute Gasteiger partial charge is 0.339 e. The summed E-state index contributed by atoms with van der Waals surface area (Å²) in [5.74, 6) is 0.236. The summed E-state index contributed by atoms with van der Waals surface area (Å²) in [7, 11) is 0. The van der Waals surface area contributed by atoms with E-state index in [0.717, 1.165) is 18.4 Å². The van der Waals surface area contributed by atoms with E-state index in [4.69, 9.17) is 4.74 Å². The van der Waals surface area contributed by atoms with Gasteiger partial charge >= 0.3 is 5.97 Å². The molecular formula is C8H10O2. The minimum Gasteiger partial charge on any atom is -0.424 e. The summed E-state index contributed by atoms with van der Waals surface area (Å²) in [6.07, 6.45) is 3.46. The first-order chi connectivity index (χ1) is 4.74. The van der Waals surface area contributed by atoms with Gasteiger partial charge in [-0.1, -0.05) is 19.9 Å². The van der Waals surface area contributed by atoms with Crippen molar-refractivity contribution in [2.24, 2.45) is 0 Å². The number of hydrogen-bond acceptors (Lipinski definition) is 2. The molecule has 0 unspecified atom stereocenters. The van der Waals surface area contributed by atoms with Crippen LogP contribution in [0.2, 0.25) is 0 Å². The highest BCUT2D eigenvalue weighted by molar-refractivity contribution is 5.92. The fourth-order valence-electron chi connectivity index (χ4n) is 0.911. The van der Waals surface area contributed by atoms with Crippen molar-refractivity contribution in [2.45, 2.75) is 19.8 Å². The molecule has 2 heteroatoms. The molecule has 1 aliphatic rings. The molecule has 1 aliphatic heterocycles. The van der Waals surface area contributed by atoms with Crippen molar-refractivity contribution in [3.63, 3.8) is 0 Å². The van der Waals surface area contributed by atoms with Gasteiger partial charge in [-0.2, -0.15) is 0 Å². The van der Waals surface area contributed by atoms with Crippen molar-refractivity contribution in [1.82, 2.24) is 0 Å². The Morgan fingerprint density at radius 2 is 2.40 bits per heavy atom. The fraction of sp³-hybridized carbons (Fsp3) is 0.375. The van der Waals surface area contributed by atoms with E-state index in [2.05, 4.69) is 6.58 Å². The predicted molar refractivity (Wildman–Crippen MR) is 38.2 cm³/mol. The van der Waals surface area contributed by atoms with Crippen LogP contribution in [0.5, 0.6) is 0 Å². The molecule has 0 aromatic carbocycles. The molecular weight excluding hydrogens is 128 g/mol. The van der Waals surface area contributed by atoms with Gasteiger partial charge in [-0.3, -0.25) is 0 Å². The van der Waals surface area contributed by atoms with E-state index in [1.807, 2.05) is 6.92 Å². The molecule has 0 atom stereocenters.